The van der Waals surface area contributed by atoms with Gasteiger partial charge in [-0.25, -0.2) is 9.59 Å². The molecule has 0 aromatic heterocycles. The largest absolute Gasteiger partial charge is 0.459 e. The van der Waals surface area contributed by atoms with Gasteiger partial charge < -0.3 is 35.2 Å². The van der Waals surface area contributed by atoms with Crippen LogP contribution >= 0.6 is 0 Å². The fraction of sp³-hybridized carbons (Fsp3) is 0.617. The van der Waals surface area contributed by atoms with Crippen molar-refractivity contribution in [2.24, 2.45) is 23.7 Å². The molecule has 2 aromatic carbocycles. The molecule has 5 amide bonds. The highest BCUT2D eigenvalue weighted by molar-refractivity contribution is 5.96. The van der Waals surface area contributed by atoms with Gasteiger partial charge in [-0.05, 0) is 81.3 Å². The molecule has 13 nitrogen and oxygen atoms in total. The summed E-state index contributed by atoms with van der Waals surface area (Å²) in [5.74, 6) is -2.58. The second-order valence-electron chi connectivity index (χ2n) is 18.6. The predicted molar refractivity (Wildman–Crippen MR) is 234 cm³/mol. The van der Waals surface area contributed by atoms with Crippen LogP contribution in [-0.2, 0) is 46.5 Å². The van der Waals surface area contributed by atoms with E-state index in [1.54, 1.807) is 20.8 Å². The molecule has 0 heterocycles. The highest BCUT2D eigenvalue weighted by Gasteiger charge is 2.38. The van der Waals surface area contributed by atoms with Gasteiger partial charge in [0.25, 0.3) is 0 Å². The maximum absolute atomic E-state index is 14.5. The first-order valence-electron chi connectivity index (χ1n) is 21.4. The van der Waals surface area contributed by atoms with Crippen LogP contribution in [0.3, 0.4) is 0 Å². The van der Waals surface area contributed by atoms with Crippen molar-refractivity contribution in [3.63, 3.8) is 0 Å². The lowest BCUT2D eigenvalue weighted by Crippen LogP contribution is -2.60. The molecule has 0 bridgehead atoms. The molecule has 0 unspecified atom stereocenters. The van der Waals surface area contributed by atoms with Crippen LogP contribution in [0.5, 0.6) is 0 Å². The lowest BCUT2D eigenvalue weighted by molar-refractivity contribution is -0.151. The highest BCUT2D eigenvalue weighted by Crippen LogP contribution is 2.20. The minimum absolute atomic E-state index is 0.00377. The van der Waals surface area contributed by atoms with Crippen LogP contribution in [0.4, 0.5) is 4.79 Å². The average molecular weight is 836 g/mol. The molecule has 0 spiro atoms. The zero-order valence-corrected chi connectivity index (χ0v) is 38.4. The highest BCUT2D eigenvalue weighted by atomic mass is 16.6. The summed E-state index contributed by atoms with van der Waals surface area (Å²) in [5.41, 5.74) is 0.813. The average Bonchev–Trinajstić information content (AvgIpc) is 3.15. The molecule has 334 valence electrons. The maximum atomic E-state index is 14.5. The van der Waals surface area contributed by atoms with Crippen molar-refractivity contribution >= 4 is 35.7 Å². The first kappa shape index (κ1) is 51.2. The minimum atomic E-state index is -1.06. The minimum Gasteiger partial charge on any atom is -0.459 e. The molecule has 0 saturated heterocycles. The Bertz CT molecular complexity index is 1680. The zero-order chi connectivity index (χ0) is 45.3. The monoisotopic (exact) mass is 836 g/mol. The van der Waals surface area contributed by atoms with Gasteiger partial charge in [-0.2, -0.15) is 0 Å². The smallest absolute Gasteiger partial charge is 0.408 e. The van der Waals surface area contributed by atoms with E-state index >= 15 is 0 Å². The molecule has 5 atom stereocenters. The molecule has 2 aromatic rings. The molecule has 0 saturated carbocycles. The fourth-order valence-electron chi connectivity index (χ4n) is 6.82. The van der Waals surface area contributed by atoms with Gasteiger partial charge in [0.2, 0.25) is 23.6 Å². The van der Waals surface area contributed by atoms with Crippen molar-refractivity contribution in [2.45, 2.75) is 151 Å². The Morgan fingerprint density at radius 2 is 0.950 bits per heavy atom. The van der Waals surface area contributed by atoms with Gasteiger partial charge in [-0.1, -0.05) is 116 Å². The lowest BCUT2D eigenvalue weighted by Gasteiger charge is -2.35. The Morgan fingerprint density at radius 3 is 1.38 bits per heavy atom. The summed E-state index contributed by atoms with van der Waals surface area (Å²) >= 11 is 0. The summed E-state index contributed by atoms with van der Waals surface area (Å²) in [4.78, 5) is 86.3. The number of hydrogen-bond acceptors (Lipinski definition) is 8. The van der Waals surface area contributed by atoms with E-state index < -0.39 is 71.5 Å². The van der Waals surface area contributed by atoms with Crippen molar-refractivity contribution < 1.29 is 38.2 Å². The van der Waals surface area contributed by atoms with Crippen LogP contribution in [0, 0.1) is 23.7 Å². The number of alkyl carbamates (subject to hydrolysis) is 1. The zero-order valence-electron chi connectivity index (χ0n) is 38.4. The van der Waals surface area contributed by atoms with Gasteiger partial charge >= 0.3 is 12.1 Å². The van der Waals surface area contributed by atoms with E-state index in [0.717, 1.165) is 11.1 Å². The molecule has 3 N–H and O–H groups in total. The van der Waals surface area contributed by atoms with E-state index in [1.807, 2.05) is 116 Å². The van der Waals surface area contributed by atoms with Gasteiger partial charge in [0.15, 0.2) is 0 Å². The van der Waals surface area contributed by atoms with E-state index in [0.29, 0.717) is 12.8 Å². The molecular weight excluding hydrogens is 763 g/mol. The summed E-state index contributed by atoms with van der Waals surface area (Å²) < 4.78 is 11.1. The van der Waals surface area contributed by atoms with Crippen molar-refractivity contribution in [1.82, 2.24) is 25.8 Å². The van der Waals surface area contributed by atoms with Crippen LogP contribution in [0.2, 0.25) is 0 Å². The Morgan fingerprint density at radius 1 is 0.550 bits per heavy atom. The quantitative estimate of drug-likeness (QED) is 0.111. The first-order valence-corrected chi connectivity index (χ1v) is 21.4. The number of amides is 5. The standard InChI is InChI=1S/C47H73N5O8/c1-30(2)24-36(43(55)51(12)40(27-33(7)8)42(54)49-38(25-31(3)4)45(57)59-29-35-22-18-15-19-23-35)48-41(53)39(26-32(5)6)52(13)44(56)37(28-34-20-16-14-17-21-34)50-46(58)60-47(9,10)11/h14-23,30-33,36-40H,24-29H2,1-13H3,(H,48,53)(H,49,54)(H,50,58)/t36-,37-,38-,39-,40-/m0/s1. The summed E-state index contributed by atoms with van der Waals surface area (Å²) in [6.07, 6.45) is 0.550. The van der Waals surface area contributed by atoms with Gasteiger partial charge in [0, 0.05) is 20.5 Å². The van der Waals surface area contributed by atoms with E-state index in [2.05, 4.69) is 16.0 Å². The van der Waals surface area contributed by atoms with Gasteiger partial charge in [-0.3, -0.25) is 19.2 Å². The Balaban J connectivity index is 2.40. The Hall–Kier alpha value is -4.94. The fourth-order valence-corrected chi connectivity index (χ4v) is 6.82. The van der Waals surface area contributed by atoms with Crippen molar-refractivity contribution in [2.75, 3.05) is 14.1 Å². The number of nitrogens with zero attached hydrogens (tertiary/aromatic N) is 2. The number of carbonyl (C=O) groups excluding carboxylic acids is 6. The van der Waals surface area contributed by atoms with Gasteiger partial charge in [0.05, 0.1) is 0 Å². The van der Waals surface area contributed by atoms with Gasteiger partial charge in [0.1, 0.15) is 42.4 Å². The molecule has 0 fully saturated rings. The number of rotatable bonds is 22. The Kier molecular flexibility index (Phi) is 20.8. The van der Waals surface area contributed by atoms with Crippen LogP contribution in [0.25, 0.3) is 0 Å². The third-order valence-corrected chi connectivity index (χ3v) is 9.75. The maximum Gasteiger partial charge on any atom is 0.408 e. The summed E-state index contributed by atoms with van der Waals surface area (Å²) in [6.45, 7) is 20.8. The molecule has 0 radical (unpaired) electrons. The van der Waals surface area contributed by atoms with Crippen LogP contribution in [0.1, 0.15) is 113 Å². The topological polar surface area (TPSA) is 163 Å². The molecule has 2 rings (SSSR count). The van der Waals surface area contributed by atoms with E-state index in [4.69, 9.17) is 9.47 Å². The summed E-state index contributed by atoms with van der Waals surface area (Å²) in [7, 11) is 3.06. The van der Waals surface area contributed by atoms with Crippen LogP contribution in [0.15, 0.2) is 60.7 Å². The third-order valence-electron chi connectivity index (χ3n) is 9.75. The molecule has 0 aliphatic heterocycles. The summed E-state index contributed by atoms with van der Waals surface area (Å²) in [6, 6.07) is 13.5. The van der Waals surface area contributed by atoms with E-state index in [9.17, 15) is 28.8 Å². The van der Waals surface area contributed by atoms with Crippen LogP contribution < -0.4 is 16.0 Å². The van der Waals surface area contributed by atoms with Gasteiger partial charge in [-0.15, -0.1) is 0 Å². The third kappa shape index (κ3) is 18.1. The molecular formula is C47H73N5O8. The number of hydrogen-bond donors (Lipinski definition) is 3. The number of nitrogens with one attached hydrogen (secondary N) is 3. The second-order valence-corrected chi connectivity index (χ2v) is 18.6. The normalized spacial score (nSPS) is 14.2. The lowest BCUT2D eigenvalue weighted by atomic mass is 9.96. The second kappa shape index (κ2) is 24.3. The number of ether oxygens (including phenoxy) is 2. The number of likely N-dealkylation sites (N-methyl/N-ethyl adjacent to an activating group) is 2. The van der Waals surface area contributed by atoms with Crippen molar-refractivity contribution in [3.8, 4) is 0 Å². The number of esters is 1. The molecule has 0 aliphatic rings. The Labute approximate surface area is 359 Å². The van der Waals surface area contributed by atoms with Crippen molar-refractivity contribution in [1.29, 1.82) is 0 Å². The van der Waals surface area contributed by atoms with Crippen LogP contribution in [-0.4, -0.2) is 95.4 Å². The molecule has 60 heavy (non-hydrogen) atoms. The SMILES string of the molecule is CC(C)C[C@H](NC(=O)[C@H](CC(C)C)N(C)C(=O)[C@H](CC(C)C)NC(=O)[C@H](CC(C)C)N(C)C(=O)[C@H](Cc1ccccc1)NC(=O)OC(C)(C)C)C(=O)OCc1ccccc1. The summed E-state index contributed by atoms with van der Waals surface area (Å²) in [5, 5.41) is 8.56. The predicted octanol–water partition coefficient (Wildman–Crippen LogP) is 6.67. The number of carbonyl (C=O) groups is 6. The van der Waals surface area contributed by atoms with E-state index in [-0.39, 0.29) is 49.5 Å². The first-order chi connectivity index (χ1) is 28.0. The number of benzene rings is 2. The molecule has 0 aliphatic carbocycles. The van der Waals surface area contributed by atoms with E-state index in [1.165, 1.54) is 23.9 Å². The molecule has 13 heteroatoms. The van der Waals surface area contributed by atoms with Crippen molar-refractivity contribution in [3.05, 3.63) is 71.8 Å².